The minimum atomic E-state index is -0.558. The number of carbonyl (C=O) groups is 2. The summed E-state index contributed by atoms with van der Waals surface area (Å²) in [6.07, 6.45) is 21.9. The van der Waals surface area contributed by atoms with Crippen molar-refractivity contribution in [2.45, 2.75) is 129 Å². The van der Waals surface area contributed by atoms with Gasteiger partial charge in [-0.2, -0.15) is 0 Å². The number of nitrogens with one attached hydrogen (secondary N) is 1. The van der Waals surface area contributed by atoms with Gasteiger partial charge >= 0.3 is 12.1 Å². The van der Waals surface area contributed by atoms with Gasteiger partial charge in [-0.25, -0.2) is 15.0 Å². The van der Waals surface area contributed by atoms with E-state index >= 15 is 0 Å². The summed E-state index contributed by atoms with van der Waals surface area (Å²) >= 11 is 1.56. The van der Waals surface area contributed by atoms with Crippen molar-refractivity contribution >= 4 is 45.6 Å². The second kappa shape index (κ2) is 21.2. The molecule has 1 saturated heterocycles. The lowest BCUT2D eigenvalue weighted by molar-refractivity contribution is -0.538. The molecule has 1 N–H and O–H groups in total. The van der Waals surface area contributed by atoms with Crippen LogP contribution in [0.1, 0.15) is 133 Å². The van der Waals surface area contributed by atoms with Crippen molar-refractivity contribution in [3.8, 4) is 0 Å². The highest BCUT2D eigenvalue weighted by atomic mass is 32.1. The molecular weight excluding hydrogens is 621 g/mol. The van der Waals surface area contributed by atoms with Gasteiger partial charge in [0.25, 0.3) is 5.84 Å². The van der Waals surface area contributed by atoms with E-state index in [2.05, 4.69) is 41.8 Å². The molecule has 0 spiro atoms. The number of unbranched alkanes of at least 4 members (excludes halogenated alkanes) is 16. The zero-order chi connectivity index (χ0) is 34.0. The second-order valence-corrected chi connectivity index (χ2v) is 14.9. The van der Waals surface area contributed by atoms with Crippen LogP contribution in [0.25, 0.3) is 0 Å². The van der Waals surface area contributed by atoms with E-state index in [0.717, 1.165) is 72.4 Å². The summed E-state index contributed by atoms with van der Waals surface area (Å²) in [7, 11) is 2.14. The first-order chi connectivity index (χ1) is 23.5. The summed E-state index contributed by atoms with van der Waals surface area (Å²) in [5, 5.41) is 4.44. The van der Waals surface area contributed by atoms with Gasteiger partial charge in [-0.3, -0.25) is 14.3 Å². The average Bonchev–Trinajstić information content (AvgIpc) is 3.40. The van der Waals surface area contributed by atoms with Crippen LogP contribution in [-0.4, -0.2) is 67.4 Å². The van der Waals surface area contributed by atoms with Crippen molar-refractivity contribution in [1.29, 1.82) is 0 Å². The van der Waals surface area contributed by atoms with Gasteiger partial charge in [0.1, 0.15) is 10.7 Å². The average molecular weight is 682 g/mol. The Morgan fingerprint density at radius 1 is 0.812 bits per heavy atom. The summed E-state index contributed by atoms with van der Waals surface area (Å²) in [5.41, 5.74) is 2.52. The molecule has 1 aromatic carbocycles. The number of rotatable bonds is 20. The molecule has 0 saturated carbocycles. The lowest BCUT2D eigenvalue weighted by Crippen LogP contribution is -2.43. The van der Waals surface area contributed by atoms with Gasteiger partial charge in [0.2, 0.25) is 6.79 Å². The Hall–Kier alpha value is -2.91. The third-order valence-electron chi connectivity index (χ3n) is 9.58. The van der Waals surface area contributed by atoms with Crippen LogP contribution in [0, 0.1) is 6.92 Å². The number of esters is 1. The van der Waals surface area contributed by atoms with E-state index in [1.165, 1.54) is 89.9 Å². The van der Waals surface area contributed by atoms with Gasteiger partial charge < -0.3 is 9.47 Å². The van der Waals surface area contributed by atoms with Gasteiger partial charge in [-0.1, -0.05) is 122 Å². The zero-order valence-corrected chi connectivity index (χ0v) is 30.8. The van der Waals surface area contributed by atoms with Gasteiger partial charge in [0.05, 0.1) is 24.3 Å². The number of piperazine rings is 1. The van der Waals surface area contributed by atoms with Crippen molar-refractivity contribution in [2.75, 3.05) is 50.2 Å². The van der Waals surface area contributed by atoms with E-state index in [1.807, 2.05) is 24.3 Å². The highest BCUT2D eigenvalue weighted by molar-refractivity contribution is 7.16. The number of hydrogen-bond donors (Lipinski definition) is 1. The van der Waals surface area contributed by atoms with Gasteiger partial charge in [-0.05, 0) is 38.6 Å². The number of hydrogen-bond acceptors (Lipinski definition) is 6. The number of nitrogens with zero attached hydrogens (tertiary/aromatic N) is 3. The number of thiophene rings is 1. The quantitative estimate of drug-likeness (QED) is 0.0649. The molecule has 266 valence electrons. The topological polar surface area (TPSA) is 74.1 Å². The fourth-order valence-electron chi connectivity index (χ4n) is 6.65. The first-order valence-electron chi connectivity index (χ1n) is 18.9. The van der Waals surface area contributed by atoms with Crippen LogP contribution in [0.3, 0.4) is 0 Å². The van der Waals surface area contributed by atoms with Crippen LogP contribution in [0.5, 0.6) is 0 Å². The Bertz CT molecular complexity index is 1300. The highest BCUT2D eigenvalue weighted by Gasteiger charge is 2.36. The molecule has 0 bridgehead atoms. The number of benzene rings is 1. The first kappa shape index (κ1) is 37.9. The highest BCUT2D eigenvalue weighted by Crippen LogP contribution is 2.43. The number of para-hydroxylation sites is 2. The van der Waals surface area contributed by atoms with Crippen LogP contribution in [-0.2, 0) is 14.3 Å². The Morgan fingerprint density at radius 2 is 1.38 bits per heavy atom. The molecule has 9 heteroatoms. The summed E-state index contributed by atoms with van der Waals surface area (Å²) in [4.78, 5) is 31.0. The molecule has 0 aliphatic carbocycles. The third-order valence-corrected chi connectivity index (χ3v) is 10.6. The SMILES string of the molecule is CCCCCCCCCCCCCCCCCCCC(=O)OCOC(=O)N1c2ccccc2NC(=[N+]2CCN(C)CC2)c2cc(C)sc21. The van der Waals surface area contributed by atoms with Crippen molar-refractivity contribution < 1.29 is 23.6 Å². The lowest BCUT2D eigenvalue weighted by Gasteiger charge is -2.24. The van der Waals surface area contributed by atoms with Crippen LogP contribution >= 0.6 is 11.3 Å². The lowest BCUT2D eigenvalue weighted by atomic mass is 10.0. The molecule has 2 aliphatic heterocycles. The van der Waals surface area contributed by atoms with E-state index < -0.39 is 12.9 Å². The van der Waals surface area contributed by atoms with E-state index in [-0.39, 0.29) is 5.97 Å². The number of amides is 1. The van der Waals surface area contributed by atoms with Crippen molar-refractivity contribution in [3.05, 3.63) is 40.8 Å². The number of likely N-dealkylation sites (N-methyl/N-ethyl adjacent to an activating group) is 1. The summed E-state index contributed by atoms with van der Waals surface area (Å²) in [5.74, 6) is 0.686. The second-order valence-electron chi connectivity index (χ2n) is 13.6. The van der Waals surface area contributed by atoms with E-state index in [9.17, 15) is 9.59 Å². The normalized spacial score (nSPS) is 14.7. The van der Waals surface area contributed by atoms with Gasteiger partial charge in [0, 0.05) is 24.4 Å². The molecule has 1 fully saturated rings. The number of amidine groups is 1. The molecule has 1 amide bonds. The standard InChI is InChI=1S/C39H60N4O4S/c1-4-5-6-7-8-9-10-11-12-13-14-15-16-17-18-19-20-25-36(44)46-31-47-39(45)43-35-24-22-21-23-34(35)40-37(33-30-32(2)48-38(33)43)42-28-26-41(3)27-29-42/h21-24,30H,4-20,25-29,31H2,1-3H3/p+1. The molecule has 2 aromatic rings. The molecule has 4 rings (SSSR count). The molecule has 3 heterocycles. The van der Waals surface area contributed by atoms with Crippen LogP contribution in [0.2, 0.25) is 0 Å². The van der Waals surface area contributed by atoms with Crippen molar-refractivity contribution in [1.82, 2.24) is 4.90 Å². The Morgan fingerprint density at radius 3 is 1.98 bits per heavy atom. The maximum atomic E-state index is 13.6. The summed E-state index contributed by atoms with van der Waals surface area (Å²) in [6, 6.07) is 9.90. The minimum Gasteiger partial charge on any atom is -0.428 e. The number of ether oxygens (including phenoxy) is 2. The molecule has 48 heavy (non-hydrogen) atoms. The first-order valence-corrected chi connectivity index (χ1v) is 19.7. The molecular formula is C39H61N4O4S+. The van der Waals surface area contributed by atoms with E-state index in [1.54, 1.807) is 16.2 Å². The predicted molar refractivity (Wildman–Crippen MR) is 199 cm³/mol. The number of carbonyl (C=O) groups excluding carboxylic acids is 2. The number of aryl methyl sites for hydroxylation is 1. The third kappa shape index (κ3) is 12.2. The van der Waals surface area contributed by atoms with Gasteiger partial charge in [-0.15, -0.1) is 11.3 Å². The number of fused-ring (bicyclic) bond motifs is 2. The molecule has 0 radical (unpaired) electrons. The fraction of sp³-hybridized carbons (Fsp3) is 0.667. The van der Waals surface area contributed by atoms with Crippen LogP contribution in [0.15, 0.2) is 30.3 Å². The summed E-state index contributed by atoms with van der Waals surface area (Å²) < 4.78 is 13.2. The molecule has 0 unspecified atom stereocenters. The smallest absolute Gasteiger partial charge is 0.422 e. The molecule has 1 aromatic heterocycles. The van der Waals surface area contributed by atoms with E-state index in [0.29, 0.717) is 12.1 Å². The minimum absolute atomic E-state index is 0.319. The summed E-state index contributed by atoms with van der Waals surface area (Å²) in [6.45, 7) is 7.68. The fourth-order valence-corrected chi connectivity index (χ4v) is 7.67. The Kier molecular flexibility index (Phi) is 16.8. The van der Waals surface area contributed by atoms with Crippen LogP contribution < -0.4 is 10.2 Å². The van der Waals surface area contributed by atoms with Crippen molar-refractivity contribution in [2.24, 2.45) is 0 Å². The maximum Gasteiger partial charge on any atom is 0.422 e. The molecule has 8 nitrogen and oxygen atoms in total. The Balaban J connectivity index is 1.12. The van der Waals surface area contributed by atoms with Gasteiger partial charge in [0.15, 0.2) is 0 Å². The molecule has 0 atom stereocenters. The monoisotopic (exact) mass is 681 g/mol. The maximum absolute atomic E-state index is 13.6. The van der Waals surface area contributed by atoms with E-state index in [4.69, 9.17) is 9.47 Å². The Labute approximate surface area is 293 Å². The van der Waals surface area contributed by atoms with Crippen LogP contribution in [0.4, 0.5) is 21.2 Å². The molecule has 2 aliphatic rings. The predicted octanol–water partition coefficient (Wildman–Crippen LogP) is 10.0. The number of anilines is 3. The van der Waals surface area contributed by atoms with Crippen molar-refractivity contribution in [3.63, 3.8) is 0 Å². The zero-order valence-electron chi connectivity index (χ0n) is 30.0. The largest absolute Gasteiger partial charge is 0.428 e.